The number of nitrogens with zero attached hydrogens (tertiary/aromatic N) is 2. The molecule has 1 aliphatic rings. The molecule has 1 amide bonds. The van der Waals surface area contributed by atoms with Crippen LogP contribution in [-0.4, -0.2) is 22.7 Å². The van der Waals surface area contributed by atoms with Crippen molar-refractivity contribution >= 4 is 11.6 Å². The standard InChI is InChI=1S/C15H20N2O/c1-10-6-8-13(9-7-10)14(18)17-12(3)15(4,5)11(2)16-17/h6-9,12H,1-5H3. The van der Waals surface area contributed by atoms with Crippen LogP contribution in [0.15, 0.2) is 29.4 Å². The smallest absolute Gasteiger partial charge is 0.267 e. The molecule has 0 spiro atoms. The lowest BCUT2D eigenvalue weighted by atomic mass is 9.82. The predicted octanol–water partition coefficient (Wildman–Crippen LogP) is 3.24. The number of amides is 1. The molecule has 0 N–H and O–H groups in total. The summed E-state index contributed by atoms with van der Waals surface area (Å²) in [5.41, 5.74) is 2.80. The Balaban J connectivity index is 2.29. The normalized spacial score (nSPS) is 21.9. The fraction of sp³-hybridized carbons (Fsp3) is 0.467. The Labute approximate surface area is 108 Å². The van der Waals surface area contributed by atoms with Gasteiger partial charge in [-0.25, -0.2) is 5.01 Å². The zero-order valence-corrected chi connectivity index (χ0v) is 11.7. The molecule has 0 saturated carbocycles. The van der Waals surface area contributed by atoms with Crippen LogP contribution in [0, 0.1) is 12.3 Å². The first-order valence-electron chi connectivity index (χ1n) is 6.30. The Bertz CT molecular complexity index is 500. The summed E-state index contributed by atoms with van der Waals surface area (Å²) in [7, 11) is 0. The topological polar surface area (TPSA) is 32.7 Å². The molecule has 0 saturated heterocycles. The first kappa shape index (κ1) is 12.8. The lowest BCUT2D eigenvalue weighted by Gasteiger charge is -2.28. The molecule has 1 unspecified atom stereocenters. The molecule has 1 heterocycles. The Kier molecular flexibility index (Phi) is 3.01. The largest absolute Gasteiger partial charge is 0.274 e. The van der Waals surface area contributed by atoms with Crippen molar-refractivity contribution in [2.24, 2.45) is 10.5 Å². The Morgan fingerprint density at radius 3 is 2.22 bits per heavy atom. The molecular formula is C15H20N2O. The number of aryl methyl sites for hydroxylation is 1. The number of benzene rings is 1. The van der Waals surface area contributed by atoms with E-state index in [1.54, 1.807) is 5.01 Å². The molecule has 96 valence electrons. The zero-order chi connectivity index (χ0) is 13.5. The summed E-state index contributed by atoms with van der Waals surface area (Å²) in [5, 5.41) is 6.03. The van der Waals surface area contributed by atoms with Gasteiger partial charge in [-0.2, -0.15) is 5.10 Å². The van der Waals surface area contributed by atoms with E-state index < -0.39 is 0 Å². The van der Waals surface area contributed by atoms with Crippen molar-refractivity contribution in [2.75, 3.05) is 0 Å². The van der Waals surface area contributed by atoms with Gasteiger partial charge in [0.2, 0.25) is 0 Å². The second-order valence-electron chi connectivity index (χ2n) is 5.60. The minimum absolute atomic E-state index is 0.0209. The van der Waals surface area contributed by atoms with Crippen LogP contribution in [0.4, 0.5) is 0 Å². The van der Waals surface area contributed by atoms with Crippen LogP contribution in [0.5, 0.6) is 0 Å². The molecule has 0 aliphatic carbocycles. The van der Waals surface area contributed by atoms with E-state index >= 15 is 0 Å². The first-order chi connectivity index (χ1) is 8.34. The predicted molar refractivity (Wildman–Crippen MR) is 73.7 cm³/mol. The zero-order valence-electron chi connectivity index (χ0n) is 11.7. The second kappa shape index (κ2) is 4.23. The average molecular weight is 244 g/mol. The van der Waals surface area contributed by atoms with E-state index in [2.05, 4.69) is 18.9 Å². The summed E-state index contributed by atoms with van der Waals surface area (Å²) in [6, 6.07) is 7.72. The van der Waals surface area contributed by atoms with Crippen molar-refractivity contribution in [3.63, 3.8) is 0 Å². The molecule has 18 heavy (non-hydrogen) atoms. The van der Waals surface area contributed by atoms with Gasteiger partial charge in [0.15, 0.2) is 0 Å². The van der Waals surface area contributed by atoms with Crippen molar-refractivity contribution in [2.45, 2.75) is 40.7 Å². The molecular weight excluding hydrogens is 224 g/mol. The SMILES string of the molecule is CC1=NN(C(=O)c2ccc(C)cc2)C(C)C1(C)C. The van der Waals surface area contributed by atoms with Gasteiger partial charge in [-0.05, 0) is 32.9 Å². The summed E-state index contributed by atoms with van der Waals surface area (Å²) in [6.07, 6.45) is 0. The van der Waals surface area contributed by atoms with E-state index in [0.717, 1.165) is 11.3 Å². The van der Waals surface area contributed by atoms with E-state index in [0.29, 0.717) is 5.56 Å². The van der Waals surface area contributed by atoms with Gasteiger partial charge in [0, 0.05) is 16.7 Å². The number of hydrogen-bond acceptors (Lipinski definition) is 2. The van der Waals surface area contributed by atoms with Crippen LogP contribution >= 0.6 is 0 Å². The van der Waals surface area contributed by atoms with Gasteiger partial charge in [0.1, 0.15) is 0 Å². The number of hydrazone groups is 1. The third kappa shape index (κ3) is 1.94. The highest BCUT2D eigenvalue weighted by molar-refractivity contribution is 5.98. The lowest BCUT2D eigenvalue weighted by molar-refractivity contribution is 0.0669. The van der Waals surface area contributed by atoms with Crippen molar-refractivity contribution < 1.29 is 4.79 Å². The van der Waals surface area contributed by atoms with Gasteiger partial charge in [0.25, 0.3) is 5.91 Å². The minimum atomic E-state index is -0.0552. The van der Waals surface area contributed by atoms with Crippen LogP contribution < -0.4 is 0 Å². The van der Waals surface area contributed by atoms with E-state index in [9.17, 15) is 4.79 Å². The number of carbonyl (C=O) groups is 1. The van der Waals surface area contributed by atoms with Crippen LogP contribution in [-0.2, 0) is 0 Å². The van der Waals surface area contributed by atoms with Crippen LogP contribution in [0.25, 0.3) is 0 Å². The first-order valence-corrected chi connectivity index (χ1v) is 6.30. The summed E-state index contributed by atoms with van der Waals surface area (Å²) < 4.78 is 0. The third-order valence-electron chi connectivity index (χ3n) is 4.11. The second-order valence-corrected chi connectivity index (χ2v) is 5.60. The fourth-order valence-corrected chi connectivity index (χ4v) is 2.03. The number of hydrogen-bond donors (Lipinski definition) is 0. The maximum atomic E-state index is 12.4. The Morgan fingerprint density at radius 2 is 1.78 bits per heavy atom. The molecule has 0 bridgehead atoms. The summed E-state index contributed by atoms with van der Waals surface area (Å²) in [6.45, 7) is 10.3. The van der Waals surface area contributed by atoms with Gasteiger partial charge in [0.05, 0.1) is 6.04 Å². The van der Waals surface area contributed by atoms with Gasteiger partial charge in [-0.3, -0.25) is 4.79 Å². The molecule has 3 nitrogen and oxygen atoms in total. The third-order valence-corrected chi connectivity index (χ3v) is 4.11. The van der Waals surface area contributed by atoms with Crippen LogP contribution in [0.1, 0.15) is 43.6 Å². The van der Waals surface area contributed by atoms with E-state index in [4.69, 9.17) is 0 Å². The highest BCUT2D eigenvalue weighted by atomic mass is 16.2. The Morgan fingerprint density at radius 1 is 1.22 bits per heavy atom. The molecule has 0 aromatic heterocycles. The lowest BCUT2D eigenvalue weighted by Crippen LogP contribution is -2.39. The van der Waals surface area contributed by atoms with Gasteiger partial charge >= 0.3 is 0 Å². The van der Waals surface area contributed by atoms with Crippen molar-refractivity contribution in [3.8, 4) is 0 Å². The molecule has 1 aliphatic heterocycles. The van der Waals surface area contributed by atoms with E-state index in [1.807, 2.05) is 45.0 Å². The highest BCUT2D eigenvalue weighted by Crippen LogP contribution is 2.34. The Hall–Kier alpha value is -1.64. The maximum Gasteiger partial charge on any atom is 0.274 e. The maximum absolute atomic E-state index is 12.4. The monoisotopic (exact) mass is 244 g/mol. The van der Waals surface area contributed by atoms with Crippen molar-refractivity contribution in [1.29, 1.82) is 0 Å². The van der Waals surface area contributed by atoms with E-state index in [-0.39, 0.29) is 17.4 Å². The van der Waals surface area contributed by atoms with E-state index in [1.165, 1.54) is 0 Å². The summed E-state index contributed by atoms with van der Waals surface area (Å²) in [4.78, 5) is 12.4. The summed E-state index contributed by atoms with van der Waals surface area (Å²) in [5.74, 6) is -0.0209. The van der Waals surface area contributed by atoms with Crippen LogP contribution in [0.3, 0.4) is 0 Å². The van der Waals surface area contributed by atoms with Gasteiger partial charge in [-0.15, -0.1) is 0 Å². The molecule has 3 heteroatoms. The highest BCUT2D eigenvalue weighted by Gasteiger charge is 2.41. The average Bonchev–Trinajstić information content (AvgIpc) is 2.53. The molecule has 2 rings (SSSR count). The quantitative estimate of drug-likeness (QED) is 0.746. The number of rotatable bonds is 1. The van der Waals surface area contributed by atoms with Gasteiger partial charge in [-0.1, -0.05) is 31.5 Å². The van der Waals surface area contributed by atoms with Gasteiger partial charge < -0.3 is 0 Å². The van der Waals surface area contributed by atoms with Crippen molar-refractivity contribution in [1.82, 2.24) is 5.01 Å². The molecule has 1 aromatic rings. The summed E-state index contributed by atoms with van der Waals surface area (Å²) >= 11 is 0. The molecule has 1 aromatic carbocycles. The minimum Gasteiger partial charge on any atom is -0.267 e. The van der Waals surface area contributed by atoms with Crippen LogP contribution in [0.2, 0.25) is 0 Å². The number of carbonyl (C=O) groups excluding carboxylic acids is 1. The van der Waals surface area contributed by atoms with Crippen molar-refractivity contribution in [3.05, 3.63) is 35.4 Å². The molecule has 0 radical (unpaired) electrons. The molecule has 1 atom stereocenters. The molecule has 0 fully saturated rings. The fourth-order valence-electron chi connectivity index (χ4n) is 2.03.